The van der Waals surface area contributed by atoms with Gasteiger partial charge in [-0.05, 0) is 18.2 Å². The van der Waals surface area contributed by atoms with E-state index in [2.05, 4.69) is 5.32 Å². The van der Waals surface area contributed by atoms with E-state index < -0.39 is 11.7 Å². The number of hydrogen-bond donors (Lipinski definition) is 1. The van der Waals surface area contributed by atoms with Gasteiger partial charge in [-0.1, -0.05) is 41.9 Å². The Labute approximate surface area is 126 Å². The molecule has 3 rings (SSSR count). The molecule has 1 amide bonds. The number of nitrogens with one attached hydrogen (secondary N) is 1. The minimum absolute atomic E-state index is 0.109. The molecule has 102 valence electrons. The predicted molar refractivity (Wildman–Crippen MR) is 79.5 cm³/mol. The second-order valence-corrected chi connectivity index (χ2v) is 5.23. The molecule has 0 aliphatic carbocycles. The van der Waals surface area contributed by atoms with Gasteiger partial charge >= 0.3 is 6.09 Å². The zero-order valence-corrected chi connectivity index (χ0v) is 11.9. The zero-order valence-electron chi connectivity index (χ0n) is 10.4. The molecular weight excluding hydrogens is 297 g/mol. The number of amides is 1. The maximum atomic E-state index is 11.8. The summed E-state index contributed by atoms with van der Waals surface area (Å²) in [7, 11) is 0. The van der Waals surface area contributed by atoms with Crippen molar-refractivity contribution in [3.63, 3.8) is 0 Å². The predicted octanol–water partition coefficient (Wildman–Crippen LogP) is 4.38. The number of ether oxygens (including phenoxy) is 1. The van der Waals surface area contributed by atoms with Crippen molar-refractivity contribution in [3.8, 4) is 0 Å². The van der Waals surface area contributed by atoms with E-state index in [1.54, 1.807) is 18.2 Å². The second kappa shape index (κ2) is 5.00. The standard InChI is InChI=1S/C15H11Cl2NO2/c16-9-15(10-4-2-1-3-5-10)12-8-11(17)6-7-13(12)18-14(19)20-15/h1-8H,9H2,(H,18,19)/t15-/m0/s1. The quantitative estimate of drug-likeness (QED) is 0.836. The molecular formula is C15H11Cl2NO2. The van der Waals surface area contributed by atoms with Gasteiger partial charge in [0.05, 0.1) is 11.6 Å². The van der Waals surface area contributed by atoms with E-state index in [4.69, 9.17) is 27.9 Å². The Balaban J connectivity index is 2.26. The lowest BCUT2D eigenvalue weighted by Crippen LogP contribution is -2.42. The van der Waals surface area contributed by atoms with E-state index in [9.17, 15) is 4.79 Å². The minimum atomic E-state index is -1.02. The Morgan fingerprint density at radius 2 is 1.90 bits per heavy atom. The fraction of sp³-hybridized carbons (Fsp3) is 0.133. The number of carbonyl (C=O) groups is 1. The Bertz CT molecular complexity index is 660. The Kier molecular flexibility index (Phi) is 3.32. The molecule has 2 aromatic carbocycles. The third-order valence-electron chi connectivity index (χ3n) is 3.35. The first-order valence-electron chi connectivity index (χ1n) is 6.07. The van der Waals surface area contributed by atoms with Gasteiger partial charge in [0.25, 0.3) is 0 Å². The van der Waals surface area contributed by atoms with Gasteiger partial charge in [-0.3, -0.25) is 5.32 Å². The van der Waals surface area contributed by atoms with Gasteiger partial charge in [-0.2, -0.15) is 0 Å². The van der Waals surface area contributed by atoms with Crippen LogP contribution >= 0.6 is 23.2 Å². The molecule has 0 aromatic heterocycles. The largest absolute Gasteiger partial charge is 0.431 e. The number of benzene rings is 2. The van der Waals surface area contributed by atoms with Crippen LogP contribution in [0, 0.1) is 0 Å². The van der Waals surface area contributed by atoms with Crippen molar-refractivity contribution < 1.29 is 9.53 Å². The van der Waals surface area contributed by atoms with Crippen molar-refractivity contribution in [2.24, 2.45) is 0 Å². The van der Waals surface area contributed by atoms with E-state index in [0.29, 0.717) is 10.7 Å². The smallest absolute Gasteiger partial charge is 0.412 e. The first kappa shape index (κ1) is 13.3. The Morgan fingerprint density at radius 3 is 2.60 bits per heavy atom. The summed E-state index contributed by atoms with van der Waals surface area (Å²) in [5.41, 5.74) is 1.21. The number of halogens is 2. The molecule has 1 heterocycles. The zero-order chi connectivity index (χ0) is 14.2. The van der Waals surface area contributed by atoms with Crippen LogP contribution in [0.5, 0.6) is 0 Å². The second-order valence-electron chi connectivity index (χ2n) is 4.53. The van der Waals surface area contributed by atoms with E-state index in [1.165, 1.54) is 0 Å². The van der Waals surface area contributed by atoms with Crippen LogP contribution in [0.1, 0.15) is 11.1 Å². The van der Waals surface area contributed by atoms with Crippen LogP contribution in [0.4, 0.5) is 10.5 Å². The Morgan fingerprint density at radius 1 is 1.15 bits per heavy atom. The van der Waals surface area contributed by atoms with Crippen LogP contribution in [0.3, 0.4) is 0 Å². The van der Waals surface area contributed by atoms with Crippen LogP contribution in [0.2, 0.25) is 5.02 Å². The summed E-state index contributed by atoms with van der Waals surface area (Å²) in [5.74, 6) is 0.109. The molecule has 1 atom stereocenters. The van der Waals surface area contributed by atoms with E-state index >= 15 is 0 Å². The van der Waals surface area contributed by atoms with Crippen LogP contribution in [-0.2, 0) is 10.3 Å². The molecule has 2 aromatic rings. The number of hydrogen-bond acceptors (Lipinski definition) is 2. The normalized spacial score (nSPS) is 20.8. The molecule has 1 aliphatic heterocycles. The van der Waals surface area contributed by atoms with Gasteiger partial charge in [0.15, 0.2) is 5.60 Å². The summed E-state index contributed by atoms with van der Waals surface area (Å²) in [6, 6.07) is 14.7. The summed E-state index contributed by atoms with van der Waals surface area (Å²) in [4.78, 5) is 11.8. The topological polar surface area (TPSA) is 38.3 Å². The molecule has 0 radical (unpaired) electrons. The van der Waals surface area contributed by atoms with Crippen molar-refractivity contribution >= 4 is 35.0 Å². The number of rotatable bonds is 2. The highest BCUT2D eigenvalue weighted by molar-refractivity contribution is 6.30. The van der Waals surface area contributed by atoms with Crippen molar-refractivity contribution in [2.75, 3.05) is 11.2 Å². The van der Waals surface area contributed by atoms with Crippen molar-refractivity contribution in [1.82, 2.24) is 0 Å². The van der Waals surface area contributed by atoms with Crippen LogP contribution in [0.15, 0.2) is 48.5 Å². The summed E-state index contributed by atoms with van der Waals surface area (Å²) < 4.78 is 5.55. The monoisotopic (exact) mass is 307 g/mol. The third-order valence-corrected chi connectivity index (χ3v) is 3.96. The fourth-order valence-corrected chi connectivity index (χ4v) is 2.93. The number of alkyl halides is 1. The maximum absolute atomic E-state index is 11.8. The third kappa shape index (κ3) is 2.03. The highest BCUT2D eigenvalue weighted by Gasteiger charge is 2.43. The highest BCUT2D eigenvalue weighted by atomic mass is 35.5. The lowest BCUT2D eigenvalue weighted by molar-refractivity contribution is 0.0611. The summed E-state index contributed by atoms with van der Waals surface area (Å²) in [5, 5.41) is 3.23. The average molecular weight is 308 g/mol. The van der Waals surface area contributed by atoms with E-state index in [-0.39, 0.29) is 5.88 Å². The van der Waals surface area contributed by atoms with Crippen molar-refractivity contribution in [1.29, 1.82) is 0 Å². The fourth-order valence-electron chi connectivity index (χ4n) is 2.41. The lowest BCUT2D eigenvalue weighted by Gasteiger charge is -2.37. The van der Waals surface area contributed by atoms with Crippen LogP contribution in [0.25, 0.3) is 0 Å². The molecule has 3 nitrogen and oxygen atoms in total. The molecule has 1 N–H and O–H groups in total. The molecule has 5 heteroatoms. The summed E-state index contributed by atoms with van der Waals surface area (Å²) in [6.07, 6.45) is -0.524. The maximum Gasteiger partial charge on any atom is 0.412 e. The van der Waals surface area contributed by atoms with E-state index in [1.807, 2.05) is 30.3 Å². The molecule has 0 unspecified atom stereocenters. The van der Waals surface area contributed by atoms with Gasteiger partial charge < -0.3 is 4.74 Å². The molecule has 0 spiro atoms. The molecule has 0 bridgehead atoms. The van der Waals surface area contributed by atoms with Gasteiger partial charge in [0.1, 0.15) is 0 Å². The minimum Gasteiger partial charge on any atom is -0.431 e. The van der Waals surface area contributed by atoms with E-state index in [0.717, 1.165) is 11.1 Å². The molecule has 20 heavy (non-hydrogen) atoms. The number of carbonyl (C=O) groups excluding carboxylic acids is 1. The van der Waals surface area contributed by atoms with Gasteiger partial charge in [0.2, 0.25) is 0 Å². The number of fused-ring (bicyclic) bond motifs is 1. The number of cyclic esters (lactones) is 1. The van der Waals surface area contributed by atoms with Gasteiger partial charge in [0, 0.05) is 16.1 Å². The highest BCUT2D eigenvalue weighted by Crippen LogP contribution is 2.43. The lowest BCUT2D eigenvalue weighted by atomic mass is 9.85. The summed E-state index contributed by atoms with van der Waals surface area (Å²) >= 11 is 12.2. The van der Waals surface area contributed by atoms with Crippen LogP contribution in [-0.4, -0.2) is 12.0 Å². The van der Waals surface area contributed by atoms with Gasteiger partial charge in [-0.25, -0.2) is 4.79 Å². The molecule has 1 aliphatic rings. The van der Waals surface area contributed by atoms with Crippen molar-refractivity contribution in [3.05, 3.63) is 64.7 Å². The number of anilines is 1. The SMILES string of the molecule is O=C1Nc2ccc(Cl)cc2[C@](CCl)(c2ccccc2)O1. The van der Waals surface area contributed by atoms with Crippen molar-refractivity contribution in [2.45, 2.75) is 5.60 Å². The first-order valence-corrected chi connectivity index (χ1v) is 6.98. The molecule has 0 fully saturated rings. The summed E-state index contributed by atoms with van der Waals surface area (Å²) in [6.45, 7) is 0. The molecule has 0 saturated heterocycles. The Hall–Kier alpha value is -1.71. The first-order chi connectivity index (χ1) is 9.65. The van der Waals surface area contributed by atoms with Gasteiger partial charge in [-0.15, -0.1) is 11.6 Å². The van der Waals surface area contributed by atoms with Crippen LogP contribution < -0.4 is 5.32 Å². The average Bonchev–Trinajstić information content (AvgIpc) is 2.48. The molecule has 0 saturated carbocycles.